The molecule has 0 saturated carbocycles. The topological polar surface area (TPSA) is 63.1 Å². The molecule has 0 saturated heterocycles. The molecular formula is C11H8N2O2. The van der Waals surface area contributed by atoms with Gasteiger partial charge in [-0.15, -0.1) is 0 Å². The van der Waals surface area contributed by atoms with Crippen LogP contribution < -0.4 is 0 Å². The van der Waals surface area contributed by atoms with Crippen LogP contribution in [0.3, 0.4) is 0 Å². The Balaban J connectivity index is 2.42. The number of hydrogen-bond acceptors (Lipinski definition) is 4. The van der Waals surface area contributed by atoms with Gasteiger partial charge in [-0.2, -0.15) is 0 Å². The minimum Gasteiger partial charge on any atom is -0.507 e. The van der Waals surface area contributed by atoms with E-state index in [1.54, 1.807) is 18.2 Å². The van der Waals surface area contributed by atoms with Crippen molar-refractivity contribution in [1.29, 1.82) is 0 Å². The van der Waals surface area contributed by atoms with Crippen molar-refractivity contribution < 1.29 is 9.90 Å². The van der Waals surface area contributed by atoms with Crippen LogP contribution in [0.5, 0.6) is 5.75 Å². The lowest BCUT2D eigenvalue weighted by Gasteiger charge is -2.01. The Bertz CT molecular complexity index is 483. The third-order valence-corrected chi connectivity index (χ3v) is 1.97. The Kier molecular flexibility index (Phi) is 2.41. The van der Waals surface area contributed by atoms with E-state index in [0.29, 0.717) is 5.56 Å². The van der Waals surface area contributed by atoms with E-state index in [0.717, 1.165) is 0 Å². The van der Waals surface area contributed by atoms with Crippen molar-refractivity contribution >= 4 is 5.78 Å². The summed E-state index contributed by atoms with van der Waals surface area (Å²) in [7, 11) is 0. The first kappa shape index (κ1) is 9.33. The van der Waals surface area contributed by atoms with E-state index in [1.807, 2.05) is 0 Å². The molecule has 2 rings (SSSR count). The van der Waals surface area contributed by atoms with Crippen LogP contribution in [-0.2, 0) is 0 Å². The smallest absolute Gasteiger partial charge is 0.199 e. The molecule has 0 aliphatic rings. The van der Waals surface area contributed by atoms with E-state index in [2.05, 4.69) is 9.97 Å². The highest BCUT2D eigenvalue weighted by molar-refractivity contribution is 6.10. The highest BCUT2D eigenvalue weighted by atomic mass is 16.3. The van der Waals surface area contributed by atoms with Gasteiger partial charge >= 0.3 is 0 Å². The lowest BCUT2D eigenvalue weighted by Crippen LogP contribution is -2.02. The van der Waals surface area contributed by atoms with E-state index >= 15 is 0 Å². The second-order valence-electron chi connectivity index (χ2n) is 2.97. The predicted molar refractivity (Wildman–Crippen MR) is 53.6 cm³/mol. The maximum Gasteiger partial charge on any atom is 0.199 e. The van der Waals surface area contributed by atoms with Gasteiger partial charge in [0.2, 0.25) is 0 Å². The third-order valence-electron chi connectivity index (χ3n) is 1.97. The lowest BCUT2D eigenvalue weighted by molar-refractivity contribution is 0.103. The Hall–Kier alpha value is -2.23. The zero-order valence-corrected chi connectivity index (χ0v) is 7.79. The van der Waals surface area contributed by atoms with Gasteiger partial charge in [0.05, 0.1) is 11.1 Å². The van der Waals surface area contributed by atoms with Crippen LogP contribution in [0.25, 0.3) is 0 Å². The van der Waals surface area contributed by atoms with Crippen molar-refractivity contribution in [1.82, 2.24) is 9.97 Å². The Morgan fingerprint density at radius 1 is 1.13 bits per heavy atom. The Morgan fingerprint density at radius 2 is 1.80 bits per heavy atom. The summed E-state index contributed by atoms with van der Waals surface area (Å²) in [5, 5.41) is 9.48. The van der Waals surface area contributed by atoms with Crippen molar-refractivity contribution in [3.63, 3.8) is 0 Å². The number of carbonyl (C=O) groups excluding carboxylic acids is 1. The number of aromatic nitrogens is 2. The van der Waals surface area contributed by atoms with E-state index in [-0.39, 0.29) is 17.1 Å². The SMILES string of the molecule is O=C(c1cncnc1)c1ccccc1O. The zero-order chi connectivity index (χ0) is 10.7. The van der Waals surface area contributed by atoms with Crippen molar-refractivity contribution in [2.75, 3.05) is 0 Å². The summed E-state index contributed by atoms with van der Waals surface area (Å²) in [5.74, 6) is -0.319. The maximum atomic E-state index is 11.8. The number of phenols is 1. The van der Waals surface area contributed by atoms with Gasteiger partial charge in [0.1, 0.15) is 12.1 Å². The van der Waals surface area contributed by atoms with Gasteiger partial charge in [0.15, 0.2) is 5.78 Å². The molecule has 0 bridgehead atoms. The molecule has 1 N–H and O–H groups in total. The minimum atomic E-state index is -0.284. The summed E-state index contributed by atoms with van der Waals surface area (Å²) >= 11 is 0. The molecule has 0 amide bonds. The van der Waals surface area contributed by atoms with Crippen LogP contribution in [0.1, 0.15) is 15.9 Å². The molecule has 74 valence electrons. The van der Waals surface area contributed by atoms with Crippen molar-refractivity contribution in [2.45, 2.75) is 0 Å². The summed E-state index contributed by atoms with van der Waals surface area (Å²) < 4.78 is 0. The predicted octanol–water partition coefficient (Wildman–Crippen LogP) is 1.41. The van der Waals surface area contributed by atoms with Crippen molar-refractivity contribution in [2.24, 2.45) is 0 Å². The first-order valence-electron chi connectivity index (χ1n) is 4.37. The fourth-order valence-electron chi connectivity index (χ4n) is 1.24. The van der Waals surface area contributed by atoms with Gasteiger partial charge in [0, 0.05) is 12.4 Å². The summed E-state index contributed by atoms with van der Waals surface area (Å²) in [6, 6.07) is 6.38. The number of phenolic OH excluding ortho intramolecular Hbond substituents is 1. The van der Waals surface area contributed by atoms with E-state index < -0.39 is 0 Å². The zero-order valence-electron chi connectivity index (χ0n) is 7.79. The van der Waals surface area contributed by atoms with Gasteiger partial charge in [-0.05, 0) is 12.1 Å². The monoisotopic (exact) mass is 200 g/mol. The number of benzene rings is 1. The standard InChI is InChI=1S/C11H8N2O2/c14-10-4-2-1-3-9(10)11(15)8-5-12-7-13-6-8/h1-7,14H. The number of ketones is 1. The summed E-state index contributed by atoms with van der Waals surface area (Å²) in [5.41, 5.74) is 0.617. The van der Waals surface area contributed by atoms with E-state index in [9.17, 15) is 9.90 Å². The van der Waals surface area contributed by atoms with E-state index in [4.69, 9.17) is 0 Å². The summed E-state index contributed by atoms with van der Waals surface area (Å²) in [4.78, 5) is 19.3. The molecule has 2 aromatic rings. The van der Waals surface area contributed by atoms with Gasteiger partial charge in [-0.1, -0.05) is 12.1 Å². The van der Waals surface area contributed by atoms with Gasteiger partial charge in [-0.3, -0.25) is 4.79 Å². The second-order valence-corrected chi connectivity index (χ2v) is 2.97. The van der Waals surface area contributed by atoms with Crippen LogP contribution in [0, 0.1) is 0 Å². The van der Waals surface area contributed by atoms with Crippen LogP contribution in [0.15, 0.2) is 43.0 Å². The first-order chi connectivity index (χ1) is 7.29. The molecule has 0 atom stereocenters. The molecule has 4 nitrogen and oxygen atoms in total. The maximum absolute atomic E-state index is 11.8. The molecule has 1 aromatic carbocycles. The largest absolute Gasteiger partial charge is 0.507 e. The molecule has 4 heteroatoms. The molecule has 0 radical (unpaired) electrons. The summed E-state index contributed by atoms with van der Waals surface area (Å²) in [6.07, 6.45) is 4.19. The normalized spacial score (nSPS) is 9.87. The quantitative estimate of drug-likeness (QED) is 0.744. The highest BCUT2D eigenvalue weighted by Crippen LogP contribution is 2.18. The molecule has 0 aliphatic heterocycles. The number of para-hydroxylation sites is 1. The number of aromatic hydroxyl groups is 1. The first-order valence-corrected chi connectivity index (χ1v) is 4.37. The molecule has 0 fully saturated rings. The number of rotatable bonds is 2. The van der Waals surface area contributed by atoms with Crippen LogP contribution in [-0.4, -0.2) is 20.9 Å². The van der Waals surface area contributed by atoms with Crippen LogP contribution >= 0.6 is 0 Å². The lowest BCUT2D eigenvalue weighted by atomic mass is 10.1. The number of hydrogen-bond donors (Lipinski definition) is 1. The molecule has 0 spiro atoms. The average molecular weight is 200 g/mol. The Labute approximate surface area is 86.2 Å². The Morgan fingerprint density at radius 3 is 2.47 bits per heavy atom. The number of carbonyl (C=O) groups is 1. The van der Waals surface area contributed by atoms with Crippen molar-refractivity contribution in [3.05, 3.63) is 54.1 Å². The van der Waals surface area contributed by atoms with Gasteiger partial charge in [-0.25, -0.2) is 9.97 Å². The molecule has 1 heterocycles. The molecular weight excluding hydrogens is 192 g/mol. The molecule has 0 unspecified atom stereocenters. The molecule has 1 aromatic heterocycles. The third kappa shape index (κ3) is 1.83. The average Bonchev–Trinajstić information content (AvgIpc) is 2.30. The molecule has 0 aliphatic carbocycles. The second kappa shape index (κ2) is 3.88. The fourth-order valence-corrected chi connectivity index (χ4v) is 1.24. The van der Waals surface area contributed by atoms with Gasteiger partial charge in [0.25, 0.3) is 0 Å². The van der Waals surface area contributed by atoms with E-state index in [1.165, 1.54) is 24.8 Å². The molecule has 15 heavy (non-hydrogen) atoms. The minimum absolute atomic E-state index is 0.0358. The number of nitrogens with zero attached hydrogens (tertiary/aromatic N) is 2. The van der Waals surface area contributed by atoms with Crippen LogP contribution in [0.4, 0.5) is 0 Å². The van der Waals surface area contributed by atoms with Crippen molar-refractivity contribution in [3.8, 4) is 5.75 Å². The van der Waals surface area contributed by atoms with Gasteiger partial charge < -0.3 is 5.11 Å². The highest BCUT2D eigenvalue weighted by Gasteiger charge is 2.12. The van der Waals surface area contributed by atoms with Crippen LogP contribution in [0.2, 0.25) is 0 Å². The fraction of sp³-hybridized carbons (Fsp3) is 0. The summed E-state index contributed by atoms with van der Waals surface area (Å²) in [6.45, 7) is 0.